The lowest BCUT2D eigenvalue weighted by Gasteiger charge is -2.15. The van der Waals surface area contributed by atoms with Gasteiger partial charge in [-0.05, 0) is 44.9 Å². The lowest BCUT2D eigenvalue weighted by molar-refractivity contribution is 0.248. The van der Waals surface area contributed by atoms with E-state index in [2.05, 4.69) is 39.3 Å². The van der Waals surface area contributed by atoms with Crippen LogP contribution >= 0.6 is 0 Å². The normalized spacial score (nSPS) is 17.3. The summed E-state index contributed by atoms with van der Waals surface area (Å²) in [7, 11) is 0. The van der Waals surface area contributed by atoms with Crippen LogP contribution in [0.15, 0.2) is 36.5 Å². The van der Waals surface area contributed by atoms with Crippen molar-refractivity contribution in [2.24, 2.45) is 0 Å². The summed E-state index contributed by atoms with van der Waals surface area (Å²) in [5, 5.41) is 6.47. The number of anilines is 3. The molecule has 7 heteroatoms. The Hall–Kier alpha value is -2.41. The number of halogens is 1. The molecular formula is C20H28FN5O. The Morgan fingerprint density at radius 2 is 2.22 bits per heavy atom. The molecule has 2 N–H and O–H groups in total. The molecule has 1 saturated heterocycles. The average Bonchev–Trinajstić information content (AvgIpc) is 3.04. The number of hydrogen-bond donors (Lipinski definition) is 2. The molecule has 0 aliphatic carbocycles. The average molecular weight is 373 g/mol. The molecule has 3 rings (SSSR count). The first kappa shape index (κ1) is 19.4. The topological polar surface area (TPSA) is 62.3 Å². The van der Waals surface area contributed by atoms with Gasteiger partial charge in [-0.1, -0.05) is 6.07 Å². The fraction of sp³-hybridized carbons (Fsp3) is 0.500. The first-order valence-electron chi connectivity index (χ1n) is 9.54. The van der Waals surface area contributed by atoms with Crippen molar-refractivity contribution in [2.75, 3.05) is 36.9 Å². The highest BCUT2D eigenvalue weighted by Crippen LogP contribution is 2.21. The fourth-order valence-corrected chi connectivity index (χ4v) is 3.05. The van der Waals surface area contributed by atoms with Crippen LogP contribution in [0.5, 0.6) is 5.75 Å². The van der Waals surface area contributed by atoms with Crippen LogP contribution in [-0.2, 0) is 0 Å². The van der Waals surface area contributed by atoms with Crippen molar-refractivity contribution in [2.45, 2.75) is 38.9 Å². The summed E-state index contributed by atoms with van der Waals surface area (Å²) in [5.41, 5.74) is 0.869. The summed E-state index contributed by atoms with van der Waals surface area (Å²) in [5.74, 6) is 2.11. The van der Waals surface area contributed by atoms with Gasteiger partial charge in [-0.2, -0.15) is 4.98 Å². The standard InChI is InChI=1S/C20H28FN5O/c1-15(2)23-19-7-9-22-20(25-19)24-17-5-3-6-18(13-17)27-12-4-10-26-11-8-16(21)14-26/h3,5-7,9,13,15-16H,4,8,10-12,14H2,1-2H3,(H2,22,23,24,25)/t16-/m1/s1. The van der Waals surface area contributed by atoms with E-state index in [-0.39, 0.29) is 0 Å². The number of likely N-dealkylation sites (tertiary alicyclic amines) is 1. The molecule has 1 atom stereocenters. The van der Waals surface area contributed by atoms with E-state index in [0.29, 0.717) is 31.6 Å². The summed E-state index contributed by atoms with van der Waals surface area (Å²) in [6.07, 6.45) is 2.60. The van der Waals surface area contributed by atoms with Crippen molar-refractivity contribution >= 4 is 17.5 Å². The molecule has 1 aliphatic heterocycles. The summed E-state index contributed by atoms with van der Waals surface area (Å²) in [6, 6.07) is 9.89. The molecule has 6 nitrogen and oxygen atoms in total. The lowest BCUT2D eigenvalue weighted by atomic mass is 10.3. The first-order chi connectivity index (χ1) is 13.1. The third kappa shape index (κ3) is 6.36. The predicted octanol–water partition coefficient (Wildman–Crippen LogP) is 3.85. The third-order valence-corrected chi connectivity index (χ3v) is 4.28. The molecule has 0 amide bonds. The maximum Gasteiger partial charge on any atom is 0.229 e. The lowest BCUT2D eigenvalue weighted by Crippen LogP contribution is -2.23. The molecule has 1 aliphatic rings. The highest BCUT2D eigenvalue weighted by molar-refractivity contribution is 5.57. The number of aromatic nitrogens is 2. The van der Waals surface area contributed by atoms with E-state index in [1.165, 1.54) is 0 Å². The van der Waals surface area contributed by atoms with Crippen LogP contribution in [0.2, 0.25) is 0 Å². The fourth-order valence-electron chi connectivity index (χ4n) is 3.05. The second-order valence-electron chi connectivity index (χ2n) is 7.11. The van der Waals surface area contributed by atoms with Crippen LogP contribution < -0.4 is 15.4 Å². The molecule has 146 valence electrons. The summed E-state index contributed by atoms with van der Waals surface area (Å²) >= 11 is 0. The molecule has 0 spiro atoms. The molecule has 1 aromatic carbocycles. The second kappa shape index (κ2) is 9.50. The molecule has 0 bridgehead atoms. The number of benzene rings is 1. The van der Waals surface area contributed by atoms with Gasteiger partial charge in [0.05, 0.1) is 6.61 Å². The van der Waals surface area contributed by atoms with Crippen LogP contribution in [0.1, 0.15) is 26.7 Å². The van der Waals surface area contributed by atoms with Crippen molar-refractivity contribution in [3.8, 4) is 5.75 Å². The largest absolute Gasteiger partial charge is 0.493 e. The van der Waals surface area contributed by atoms with Gasteiger partial charge >= 0.3 is 0 Å². The van der Waals surface area contributed by atoms with E-state index in [4.69, 9.17) is 4.74 Å². The highest BCUT2D eigenvalue weighted by Gasteiger charge is 2.20. The van der Waals surface area contributed by atoms with Crippen molar-refractivity contribution in [1.29, 1.82) is 0 Å². The van der Waals surface area contributed by atoms with E-state index in [1.54, 1.807) is 6.20 Å². The number of alkyl halides is 1. The van der Waals surface area contributed by atoms with Crippen LogP contribution in [0.3, 0.4) is 0 Å². The van der Waals surface area contributed by atoms with E-state index in [9.17, 15) is 4.39 Å². The van der Waals surface area contributed by atoms with Crippen molar-refractivity contribution in [1.82, 2.24) is 14.9 Å². The van der Waals surface area contributed by atoms with Gasteiger partial charge in [-0.3, -0.25) is 0 Å². The maximum atomic E-state index is 13.2. The summed E-state index contributed by atoms with van der Waals surface area (Å²) in [4.78, 5) is 10.9. The van der Waals surface area contributed by atoms with Crippen molar-refractivity contribution < 1.29 is 9.13 Å². The predicted molar refractivity (Wildman–Crippen MR) is 107 cm³/mol. The van der Waals surface area contributed by atoms with Gasteiger partial charge in [-0.15, -0.1) is 0 Å². The van der Waals surface area contributed by atoms with Gasteiger partial charge in [0.25, 0.3) is 0 Å². The summed E-state index contributed by atoms with van der Waals surface area (Å²) in [6.45, 7) is 7.03. The minimum Gasteiger partial charge on any atom is -0.493 e. The van der Waals surface area contributed by atoms with E-state index in [1.807, 2.05) is 30.3 Å². The highest BCUT2D eigenvalue weighted by atomic mass is 19.1. The Morgan fingerprint density at radius 3 is 3.00 bits per heavy atom. The SMILES string of the molecule is CC(C)Nc1ccnc(Nc2cccc(OCCCN3CC[C@@H](F)C3)c2)n1. The molecule has 1 fully saturated rings. The zero-order valence-corrected chi connectivity index (χ0v) is 16.0. The van der Waals surface area contributed by atoms with Crippen molar-refractivity contribution in [3.05, 3.63) is 36.5 Å². The molecule has 2 heterocycles. The molecule has 0 radical (unpaired) electrons. The van der Waals surface area contributed by atoms with Gasteiger partial charge in [0.1, 0.15) is 17.7 Å². The Labute approximate surface area is 160 Å². The minimum atomic E-state index is -0.662. The van der Waals surface area contributed by atoms with E-state index >= 15 is 0 Å². The van der Waals surface area contributed by atoms with Crippen LogP contribution in [0, 0.1) is 0 Å². The van der Waals surface area contributed by atoms with Gasteiger partial charge in [0.2, 0.25) is 5.95 Å². The number of ether oxygens (including phenoxy) is 1. The number of nitrogens with one attached hydrogen (secondary N) is 2. The van der Waals surface area contributed by atoms with Crippen LogP contribution in [0.4, 0.5) is 21.8 Å². The van der Waals surface area contributed by atoms with Crippen molar-refractivity contribution in [3.63, 3.8) is 0 Å². The maximum absolute atomic E-state index is 13.2. The Balaban J connectivity index is 1.48. The zero-order valence-electron chi connectivity index (χ0n) is 16.0. The third-order valence-electron chi connectivity index (χ3n) is 4.28. The Kier molecular flexibility index (Phi) is 6.81. The molecular weight excluding hydrogens is 345 g/mol. The number of hydrogen-bond acceptors (Lipinski definition) is 6. The van der Waals surface area contributed by atoms with Crippen LogP contribution in [0.25, 0.3) is 0 Å². The Morgan fingerprint density at radius 1 is 1.33 bits per heavy atom. The summed E-state index contributed by atoms with van der Waals surface area (Å²) < 4.78 is 19.0. The molecule has 2 aromatic rings. The zero-order chi connectivity index (χ0) is 19.1. The molecule has 0 unspecified atom stereocenters. The number of nitrogens with zero attached hydrogens (tertiary/aromatic N) is 3. The van der Waals surface area contributed by atoms with Gasteiger partial charge < -0.3 is 20.3 Å². The first-order valence-corrected chi connectivity index (χ1v) is 9.54. The van der Waals surface area contributed by atoms with Gasteiger partial charge in [0, 0.05) is 43.6 Å². The number of rotatable bonds is 9. The van der Waals surface area contributed by atoms with E-state index < -0.39 is 6.17 Å². The minimum absolute atomic E-state index is 0.306. The van der Waals surface area contributed by atoms with Crippen LogP contribution in [-0.4, -0.2) is 53.3 Å². The Bertz CT molecular complexity index is 727. The molecule has 0 saturated carbocycles. The smallest absolute Gasteiger partial charge is 0.229 e. The molecule has 27 heavy (non-hydrogen) atoms. The molecule has 1 aromatic heterocycles. The van der Waals surface area contributed by atoms with E-state index in [0.717, 1.165) is 36.8 Å². The second-order valence-corrected chi connectivity index (χ2v) is 7.11. The monoisotopic (exact) mass is 373 g/mol. The van der Waals surface area contributed by atoms with Gasteiger partial charge in [-0.25, -0.2) is 9.37 Å². The quantitative estimate of drug-likeness (QED) is 0.651. The van der Waals surface area contributed by atoms with Gasteiger partial charge in [0.15, 0.2) is 0 Å².